The third-order valence-electron chi connectivity index (χ3n) is 3.50. The number of rotatable bonds is 4. The van der Waals surface area contributed by atoms with Gasteiger partial charge in [0.1, 0.15) is 0 Å². The fourth-order valence-electron chi connectivity index (χ4n) is 2.25. The van der Waals surface area contributed by atoms with Gasteiger partial charge in [0.15, 0.2) is 0 Å². The fraction of sp³-hybridized carbons (Fsp3) is 0.625. The van der Waals surface area contributed by atoms with Crippen LogP contribution in [0.1, 0.15) is 43.0 Å². The van der Waals surface area contributed by atoms with Gasteiger partial charge in [-0.3, -0.25) is 0 Å². The molecule has 2 heteroatoms. The molecule has 2 N–H and O–H groups in total. The van der Waals surface area contributed by atoms with Gasteiger partial charge in [0.2, 0.25) is 0 Å². The van der Waals surface area contributed by atoms with Gasteiger partial charge in [-0.15, -0.1) is 0 Å². The summed E-state index contributed by atoms with van der Waals surface area (Å²) in [6, 6.07) is 4.66. The molecule has 1 aromatic carbocycles. The zero-order chi connectivity index (χ0) is 13.9. The van der Waals surface area contributed by atoms with E-state index in [0.29, 0.717) is 6.54 Å². The Morgan fingerprint density at radius 3 is 2.00 bits per heavy atom. The Hall–Kier alpha value is -0.860. The Kier molecular flexibility index (Phi) is 4.94. The summed E-state index contributed by atoms with van der Waals surface area (Å²) in [6.45, 7) is 13.9. The fourth-order valence-corrected chi connectivity index (χ4v) is 2.25. The molecule has 0 saturated heterocycles. The van der Waals surface area contributed by atoms with Gasteiger partial charge < -0.3 is 10.6 Å². The number of hydrogen-bond donors (Lipinski definition) is 1. The molecule has 0 radical (unpaired) electrons. The van der Waals surface area contributed by atoms with Crippen LogP contribution in [-0.4, -0.2) is 25.0 Å². The molecule has 0 aliphatic heterocycles. The first-order chi connectivity index (χ1) is 8.25. The first-order valence-corrected chi connectivity index (χ1v) is 6.75. The molecule has 0 aliphatic rings. The van der Waals surface area contributed by atoms with Gasteiger partial charge in [0, 0.05) is 19.6 Å². The predicted molar refractivity (Wildman–Crippen MR) is 80.0 cm³/mol. The zero-order valence-corrected chi connectivity index (χ0v) is 12.8. The first kappa shape index (κ1) is 15.2. The predicted octanol–water partition coefficient (Wildman–Crippen LogP) is 2.99. The van der Waals surface area contributed by atoms with Crippen molar-refractivity contribution in [2.75, 3.05) is 20.1 Å². The summed E-state index contributed by atoms with van der Waals surface area (Å²) in [5.74, 6) is 0. The molecule has 2 nitrogen and oxygen atoms in total. The average Bonchev–Trinajstić information content (AvgIpc) is 2.22. The lowest BCUT2D eigenvalue weighted by molar-refractivity contribution is 0.335. The van der Waals surface area contributed by atoms with E-state index >= 15 is 0 Å². The van der Waals surface area contributed by atoms with E-state index in [1.807, 2.05) is 0 Å². The highest BCUT2D eigenvalue weighted by Gasteiger charge is 2.16. The smallest absolute Gasteiger partial charge is 0.0236 e. The number of aryl methyl sites for hydroxylation is 2. The van der Waals surface area contributed by atoms with Crippen molar-refractivity contribution in [2.24, 2.45) is 5.73 Å². The second-order valence-electron chi connectivity index (χ2n) is 6.37. The number of benzene rings is 1. The van der Waals surface area contributed by atoms with Crippen LogP contribution >= 0.6 is 0 Å². The second kappa shape index (κ2) is 5.85. The Morgan fingerprint density at radius 1 is 1.11 bits per heavy atom. The minimum absolute atomic E-state index is 0.219. The van der Waals surface area contributed by atoms with E-state index in [9.17, 15) is 0 Å². The Balaban J connectivity index is 3.02. The second-order valence-corrected chi connectivity index (χ2v) is 6.37. The molecular formula is C16H28N2. The summed E-state index contributed by atoms with van der Waals surface area (Å²) in [7, 11) is 2.13. The van der Waals surface area contributed by atoms with E-state index in [1.54, 1.807) is 0 Å². The largest absolute Gasteiger partial charge is 0.329 e. The molecule has 0 fully saturated rings. The molecule has 0 spiro atoms. The van der Waals surface area contributed by atoms with Crippen LogP contribution in [0.5, 0.6) is 0 Å². The average molecular weight is 248 g/mol. The van der Waals surface area contributed by atoms with Crippen LogP contribution in [0.2, 0.25) is 0 Å². The highest BCUT2D eigenvalue weighted by Crippen LogP contribution is 2.27. The molecule has 0 unspecified atom stereocenters. The molecule has 18 heavy (non-hydrogen) atoms. The molecule has 0 amide bonds. The third-order valence-corrected chi connectivity index (χ3v) is 3.50. The van der Waals surface area contributed by atoms with Gasteiger partial charge in [-0.25, -0.2) is 0 Å². The third kappa shape index (κ3) is 3.82. The minimum atomic E-state index is 0.219. The van der Waals surface area contributed by atoms with Crippen molar-refractivity contribution in [1.82, 2.24) is 4.90 Å². The Labute approximate surface area is 112 Å². The molecule has 0 saturated carbocycles. The SMILES string of the molecule is Cc1cc(C(C)(C)C)cc(C)c1CN(C)CCN. The van der Waals surface area contributed by atoms with Crippen LogP contribution in [0.15, 0.2) is 12.1 Å². The topological polar surface area (TPSA) is 29.3 Å². The molecule has 1 aromatic rings. The maximum Gasteiger partial charge on any atom is 0.0236 e. The van der Waals surface area contributed by atoms with Crippen LogP contribution in [0.4, 0.5) is 0 Å². The minimum Gasteiger partial charge on any atom is -0.329 e. The molecule has 1 rings (SSSR count). The molecule has 0 heterocycles. The van der Waals surface area contributed by atoms with E-state index in [1.165, 1.54) is 22.3 Å². The molecule has 102 valence electrons. The van der Waals surface area contributed by atoms with Crippen molar-refractivity contribution >= 4 is 0 Å². The van der Waals surface area contributed by atoms with Crippen LogP contribution in [0.25, 0.3) is 0 Å². The highest BCUT2D eigenvalue weighted by atomic mass is 15.1. The van der Waals surface area contributed by atoms with Gasteiger partial charge in [-0.05, 0) is 48.6 Å². The first-order valence-electron chi connectivity index (χ1n) is 6.75. The van der Waals surface area contributed by atoms with Crippen molar-refractivity contribution in [3.05, 3.63) is 34.4 Å². The summed E-state index contributed by atoms with van der Waals surface area (Å²) in [4.78, 5) is 2.28. The van der Waals surface area contributed by atoms with E-state index in [2.05, 4.69) is 58.7 Å². The lowest BCUT2D eigenvalue weighted by atomic mass is 9.84. The summed E-state index contributed by atoms with van der Waals surface area (Å²) in [6.07, 6.45) is 0. The maximum atomic E-state index is 5.60. The standard InChI is InChI=1S/C16H28N2/c1-12-9-14(16(3,4)5)10-13(2)15(12)11-18(6)8-7-17/h9-10H,7-8,11,17H2,1-6H3. The van der Waals surface area contributed by atoms with Gasteiger partial charge in [-0.1, -0.05) is 32.9 Å². The van der Waals surface area contributed by atoms with Crippen molar-refractivity contribution in [1.29, 1.82) is 0 Å². The lowest BCUT2D eigenvalue weighted by Crippen LogP contribution is -2.26. The van der Waals surface area contributed by atoms with Crippen LogP contribution in [-0.2, 0) is 12.0 Å². The number of likely N-dealkylation sites (N-methyl/N-ethyl adjacent to an activating group) is 1. The van der Waals surface area contributed by atoms with Gasteiger partial charge in [0.05, 0.1) is 0 Å². The monoisotopic (exact) mass is 248 g/mol. The normalized spacial score (nSPS) is 12.2. The van der Waals surface area contributed by atoms with Crippen molar-refractivity contribution in [3.8, 4) is 0 Å². The van der Waals surface area contributed by atoms with Gasteiger partial charge >= 0.3 is 0 Å². The van der Waals surface area contributed by atoms with E-state index in [4.69, 9.17) is 5.73 Å². The van der Waals surface area contributed by atoms with Crippen LogP contribution in [0, 0.1) is 13.8 Å². The van der Waals surface area contributed by atoms with Crippen LogP contribution in [0.3, 0.4) is 0 Å². The molecule has 0 aliphatic carbocycles. The van der Waals surface area contributed by atoms with Gasteiger partial charge in [0.25, 0.3) is 0 Å². The van der Waals surface area contributed by atoms with E-state index < -0.39 is 0 Å². The van der Waals surface area contributed by atoms with E-state index in [0.717, 1.165) is 13.1 Å². The number of hydrogen-bond acceptors (Lipinski definition) is 2. The summed E-state index contributed by atoms with van der Waals surface area (Å²) in [5, 5.41) is 0. The summed E-state index contributed by atoms with van der Waals surface area (Å²) in [5.41, 5.74) is 11.5. The maximum absolute atomic E-state index is 5.60. The van der Waals surface area contributed by atoms with Crippen LogP contribution < -0.4 is 5.73 Å². The van der Waals surface area contributed by atoms with Crippen molar-refractivity contribution in [2.45, 2.75) is 46.6 Å². The molecule has 0 bridgehead atoms. The molecular weight excluding hydrogens is 220 g/mol. The summed E-state index contributed by atoms with van der Waals surface area (Å²) >= 11 is 0. The zero-order valence-electron chi connectivity index (χ0n) is 12.8. The number of nitrogens with two attached hydrogens (primary N) is 1. The molecule has 0 atom stereocenters. The highest BCUT2D eigenvalue weighted by molar-refractivity contribution is 5.40. The Bertz CT molecular complexity index is 379. The van der Waals surface area contributed by atoms with Crippen molar-refractivity contribution in [3.63, 3.8) is 0 Å². The van der Waals surface area contributed by atoms with E-state index in [-0.39, 0.29) is 5.41 Å². The quantitative estimate of drug-likeness (QED) is 0.887. The Morgan fingerprint density at radius 2 is 1.61 bits per heavy atom. The van der Waals surface area contributed by atoms with Gasteiger partial charge in [-0.2, -0.15) is 0 Å². The lowest BCUT2D eigenvalue weighted by Gasteiger charge is -2.24. The van der Waals surface area contributed by atoms with Crippen molar-refractivity contribution < 1.29 is 0 Å². The summed E-state index contributed by atoms with van der Waals surface area (Å²) < 4.78 is 0. The number of nitrogens with zero attached hydrogens (tertiary/aromatic N) is 1. The molecule has 0 aromatic heterocycles.